The molecule has 5 aromatic rings. The zero-order valence-electron chi connectivity index (χ0n) is 21.1. The van der Waals surface area contributed by atoms with E-state index in [9.17, 15) is 17.6 Å². The Hall–Kier alpha value is -4.48. The molecule has 3 heterocycles. The molecule has 0 unspecified atom stereocenters. The number of fused-ring (bicyclic) bond motifs is 1. The monoisotopic (exact) mass is 557 g/mol. The number of hydrogen-bond acceptors (Lipinski definition) is 7. The third-order valence-corrected chi connectivity index (χ3v) is 8.84. The minimum absolute atomic E-state index is 0.0255. The van der Waals surface area contributed by atoms with E-state index >= 15 is 0 Å². The van der Waals surface area contributed by atoms with E-state index in [1.54, 1.807) is 6.07 Å². The Kier molecular flexibility index (Phi) is 6.82. The predicted molar refractivity (Wildman–Crippen MR) is 144 cm³/mol. The quantitative estimate of drug-likeness (QED) is 0.311. The van der Waals surface area contributed by atoms with Crippen LogP contribution in [0.1, 0.15) is 46.1 Å². The zero-order valence-corrected chi connectivity index (χ0v) is 22.0. The maximum absolute atomic E-state index is 13.6. The number of hydrogen-bond donors (Lipinski definition) is 1. The van der Waals surface area contributed by atoms with Gasteiger partial charge in [0.05, 0.1) is 17.0 Å². The fourth-order valence-electron chi connectivity index (χ4n) is 4.92. The van der Waals surface area contributed by atoms with Crippen molar-refractivity contribution in [2.75, 3.05) is 6.54 Å². The molecule has 40 heavy (non-hydrogen) atoms. The van der Waals surface area contributed by atoms with Gasteiger partial charge in [-0.3, -0.25) is 4.79 Å². The molecule has 11 heteroatoms. The minimum Gasteiger partial charge on any atom is -0.343 e. The third-order valence-electron chi connectivity index (χ3n) is 6.95. The van der Waals surface area contributed by atoms with Gasteiger partial charge in [-0.25, -0.2) is 17.8 Å². The first-order valence-corrected chi connectivity index (χ1v) is 14.1. The van der Waals surface area contributed by atoms with Crippen LogP contribution in [0.3, 0.4) is 0 Å². The van der Waals surface area contributed by atoms with Gasteiger partial charge in [0, 0.05) is 11.9 Å². The van der Waals surface area contributed by atoms with Crippen molar-refractivity contribution in [3.63, 3.8) is 0 Å². The van der Waals surface area contributed by atoms with Crippen molar-refractivity contribution in [3.8, 4) is 0 Å². The summed E-state index contributed by atoms with van der Waals surface area (Å²) in [5, 5.41) is 7.64. The normalized spacial score (nSPS) is 17.7. The summed E-state index contributed by atoms with van der Waals surface area (Å²) in [6.45, 7) is 0.160. The molecule has 0 saturated carbocycles. The van der Waals surface area contributed by atoms with Gasteiger partial charge < -0.3 is 9.84 Å². The van der Waals surface area contributed by atoms with E-state index in [-0.39, 0.29) is 41.3 Å². The summed E-state index contributed by atoms with van der Waals surface area (Å²) in [4.78, 5) is 21.5. The van der Waals surface area contributed by atoms with Crippen LogP contribution in [-0.4, -0.2) is 40.3 Å². The van der Waals surface area contributed by atoms with Crippen LogP contribution in [0.5, 0.6) is 0 Å². The highest BCUT2D eigenvalue weighted by atomic mass is 32.2. The van der Waals surface area contributed by atoms with Crippen LogP contribution >= 0.6 is 0 Å². The van der Waals surface area contributed by atoms with Gasteiger partial charge in [0.15, 0.2) is 5.82 Å². The fourth-order valence-corrected chi connectivity index (χ4v) is 6.56. The van der Waals surface area contributed by atoms with Gasteiger partial charge in [-0.1, -0.05) is 59.8 Å². The number of para-hydroxylation sites is 1. The number of carbonyl (C=O) groups is 1. The summed E-state index contributed by atoms with van der Waals surface area (Å²) in [6.07, 6.45) is 0.416. The lowest BCUT2D eigenvalue weighted by atomic mass is 9.96. The number of carbonyl (C=O) groups excluding carboxylic acids is 1. The lowest BCUT2D eigenvalue weighted by Gasteiger charge is -2.21. The molecule has 0 radical (unpaired) electrons. The highest BCUT2D eigenvalue weighted by Gasteiger charge is 2.44. The summed E-state index contributed by atoms with van der Waals surface area (Å²) in [6, 6.07) is 24.5. The van der Waals surface area contributed by atoms with Crippen molar-refractivity contribution in [2.24, 2.45) is 0 Å². The van der Waals surface area contributed by atoms with Crippen molar-refractivity contribution >= 4 is 26.8 Å². The first kappa shape index (κ1) is 25.8. The van der Waals surface area contributed by atoms with Gasteiger partial charge in [0.1, 0.15) is 17.6 Å². The van der Waals surface area contributed by atoms with Crippen molar-refractivity contribution in [2.45, 2.75) is 29.8 Å². The zero-order chi connectivity index (χ0) is 27.7. The summed E-state index contributed by atoms with van der Waals surface area (Å²) in [5.74, 6) is -0.719. The van der Waals surface area contributed by atoms with Crippen LogP contribution in [0.4, 0.5) is 4.39 Å². The van der Waals surface area contributed by atoms with Gasteiger partial charge in [-0.05, 0) is 54.3 Å². The molecule has 1 N–H and O–H groups in total. The molecule has 2 aromatic heterocycles. The van der Waals surface area contributed by atoms with Crippen molar-refractivity contribution in [1.29, 1.82) is 0 Å². The van der Waals surface area contributed by atoms with Crippen LogP contribution in [0.15, 0.2) is 100 Å². The van der Waals surface area contributed by atoms with Crippen LogP contribution in [0.2, 0.25) is 0 Å². The van der Waals surface area contributed by atoms with Crippen LogP contribution < -0.4 is 5.32 Å². The number of pyridine rings is 1. The van der Waals surface area contributed by atoms with Crippen LogP contribution in [0.25, 0.3) is 10.9 Å². The molecule has 1 fully saturated rings. The Morgan fingerprint density at radius 2 is 1.70 bits per heavy atom. The van der Waals surface area contributed by atoms with E-state index in [1.165, 1.54) is 16.4 Å². The third kappa shape index (κ3) is 5.08. The average Bonchev–Trinajstić information content (AvgIpc) is 3.64. The lowest BCUT2D eigenvalue weighted by Crippen LogP contribution is -2.31. The lowest BCUT2D eigenvalue weighted by molar-refractivity contribution is 0.0945. The SMILES string of the molecule is O=C(NCc1noc([C@@H]2C[C@@H](c3ccccc3)CN2S(=O)(=O)c2ccc(F)cc2)n1)c1ccc2ccccc2n1. The number of halogens is 1. The maximum atomic E-state index is 13.6. The molecule has 0 bridgehead atoms. The van der Waals surface area contributed by atoms with Crippen molar-refractivity contribution in [3.05, 3.63) is 120 Å². The molecular formula is C29H24FN5O4S. The van der Waals surface area contributed by atoms with E-state index in [1.807, 2.05) is 60.7 Å². The molecule has 1 amide bonds. The van der Waals surface area contributed by atoms with E-state index in [2.05, 4.69) is 20.4 Å². The second kappa shape index (κ2) is 10.6. The average molecular weight is 558 g/mol. The fraction of sp³-hybridized carbons (Fsp3) is 0.172. The molecule has 2 atom stereocenters. The topological polar surface area (TPSA) is 118 Å². The van der Waals surface area contributed by atoms with Gasteiger partial charge in [0.25, 0.3) is 5.91 Å². The smallest absolute Gasteiger partial charge is 0.270 e. The molecule has 1 aliphatic rings. The number of aromatic nitrogens is 3. The first-order valence-electron chi connectivity index (χ1n) is 12.7. The molecular weight excluding hydrogens is 533 g/mol. The van der Waals surface area contributed by atoms with Gasteiger partial charge in [-0.15, -0.1) is 0 Å². The minimum atomic E-state index is -4.00. The van der Waals surface area contributed by atoms with Crippen LogP contribution in [-0.2, 0) is 16.6 Å². The molecule has 0 aliphatic carbocycles. The number of nitrogens with one attached hydrogen (secondary N) is 1. The number of benzene rings is 3. The Balaban J connectivity index is 1.23. The Morgan fingerprint density at radius 1 is 0.950 bits per heavy atom. The molecule has 0 spiro atoms. The number of sulfonamides is 1. The summed E-state index contributed by atoms with van der Waals surface area (Å²) >= 11 is 0. The number of nitrogens with zero attached hydrogens (tertiary/aromatic N) is 4. The maximum Gasteiger partial charge on any atom is 0.270 e. The predicted octanol–water partition coefficient (Wildman–Crippen LogP) is 4.61. The van der Waals surface area contributed by atoms with Crippen molar-refractivity contribution < 1.29 is 22.1 Å². The standard InChI is InChI=1S/C29H24FN5O4S/c30-22-11-13-23(14-12-22)40(37,38)35-18-21(19-6-2-1-3-7-19)16-26(35)29-33-27(34-39-29)17-31-28(36)25-15-10-20-8-4-5-9-24(20)32-25/h1-15,21,26H,16-18H2,(H,31,36)/t21-,26+/m1/s1. The summed E-state index contributed by atoms with van der Waals surface area (Å²) < 4.78 is 47.6. The molecule has 1 aliphatic heterocycles. The number of rotatable bonds is 7. The highest BCUT2D eigenvalue weighted by molar-refractivity contribution is 7.89. The largest absolute Gasteiger partial charge is 0.343 e. The molecule has 3 aromatic carbocycles. The first-order chi connectivity index (χ1) is 19.4. The van der Waals surface area contributed by atoms with E-state index < -0.39 is 27.8 Å². The van der Waals surface area contributed by atoms with E-state index in [0.29, 0.717) is 11.9 Å². The summed E-state index contributed by atoms with van der Waals surface area (Å²) in [7, 11) is -4.00. The van der Waals surface area contributed by atoms with E-state index in [0.717, 1.165) is 23.1 Å². The Labute approximate surface area is 229 Å². The summed E-state index contributed by atoms with van der Waals surface area (Å²) in [5.41, 5.74) is 1.94. The molecule has 6 rings (SSSR count). The second-order valence-electron chi connectivity index (χ2n) is 9.51. The van der Waals surface area contributed by atoms with Crippen molar-refractivity contribution in [1.82, 2.24) is 24.7 Å². The molecule has 202 valence electrons. The highest BCUT2D eigenvalue weighted by Crippen LogP contribution is 2.43. The molecule has 9 nitrogen and oxygen atoms in total. The Bertz CT molecular complexity index is 1780. The van der Waals surface area contributed by atoms with Gasteiger partial charge >= 0.3 is 0 Å². The van der Waals surface area contributed by atoms with E-state index in [4.69, 9.17) is 4.52 Å². The van der Waals surface area contributed by atoms with Crippen LogP contribution in [0, 0.1) is 5.82 Å². The van der Waals surface area contributed by atoms with Gasteiger partial charge in [-0.2, -0.15) is 9.29 Å². The second-order valence-corrected chi connectivity index (χ2v) is 11.4. The Morgan fingerprint density at radius 3 is 2.50 bits per heavy atom. The molecule has 1 saturated heterocycles. The van der Waals surface area contributed by atoms with Gasteiger partial charge in [0.2, 0.25) is 15.9 Å². The number of amides is 1.